The largest absolute Gasteiger partial charge is 0.444 e. The van der Waals surface area contributed by atoms with E-state index in [2.05, 4.69) is 20.3 Å². The highest BCUT2D eigenvalue weighted by molar-refractivity contribution is 6.01. The van der Waals surface area contributed by atoms with Gasteiger partial charge in [-0.1, -0.05) is 6.42 Å². The lowest BCUT2D eigenvalue weighted by Crippen LogP contribution is -2.41. The van der Waals surface area contributed by atoms with E-state index in [1.54, 1.807) is 9.42 Å². The van der Waals surface area contributed by atoms with Gasteiger partial charge in [0.05, 0.1) is 25.0 Å². The van der Waals surface area contributed by atoms with Gasteiger partial charge < -0.3 is 19.9 Å². The Labute approximate surface area is 210 Å². The zero-order chi connectivity index (χ0) is 25.9. The second kappa shape index (κ2) is 10.8. The first-order valence-electron chi connectivity index (χ1n) is 12.7. The third kappa shape index (κ3) is 6.31. The number of fused-ring (bicyclic) bond motifs is 1. The quantitative estimate of drug-likeness (QED) is 0.620. The number of aromatic nitrogens is 3. The number of hydrogen-bond donors (Lipinski definition) is 2. The van der Waals surface area contributed by atoms with Crippen LogP contribution in [0, 0.1) is 0 Å². The number of ketones is 1. The molecule has 0 unspecified atom stereocenters. The van der Waals surface area contributed by atoms with Crippen molar-refractivity contribution in [2.75, 3.05) is 39.3 Å². The van der Waals surface area contributed by atoms with E-state index in [0.29, 0.717) is 43.8 Å². The average Bonchev–Trinajstić information content (AvgIpc) is 3.25. The Kier molecular flexibility index (Phi) is 7.77. The van der Waals surface area contributed by atoms with Crippen LogP contribution >= 0.6 is 0 Å². The van der Waals surface area contributed by atoms with Crippen LogP contribution < -0.4 is 10.9 Å². The smallest absolute Gasteiger partial charge is 0.410 e. The summed E-state index contributed by atoms with van der Waals surface area (Å²) in [5.74, 6) is -0.507. The third-order valence-corrected chi connectivity index (χ3v) is 6.64. The van der Waals surface area contributed by atoms with Crippen molar-refractivity contribution < 1.29 is 19.1 Å². The zero-order valence-corrected chi connectivity index (χ0v) is 21.3. The standard InChI is InChI=1S/C25H36N6O5/c1-25(2,3)36-24(35)30-11-7-17(8-12-30)20-13-21(33)28-22-19(15-27-31(20)22)23(34)26-14-18(32)16-29-9-5-4-6-10-29/h13,15,17H,4-12,14,16H2,1-3H3,(H,26,34)(H,28,33). The second-order valence-electron chi connectivity index (χ2n) is 10.7. The van der Waals surface area contributed by atoms with E-state index >= 15 is 0 Å². The monoisotopic (exact) mass is 500 g/mol. The molecule has 2 aromatic rings. The molecule has 196 valence electrons. The van der Waals surface area contributed by atoms with Gasteiger partial charge in [-0.2, -0.15) is 5.10 Å². The molecule has 0 saturated carbocycles. The minimum atomic E-state index is -0.559. The van der Waals surface area contributed by atoms with Gasteiger partial charge in [-0.25, -0.2) is 9.31 Å². The number of carbonyl (C=O) groups is 3. The van der Waals surface area contributed by atoms with Crippen molar-refractivity contribution in [1.29, 1.82) is 0 Å². The lowest BCUT2D eigenvalue weighted by Gasteiger charge is -2.33. The highest BCUT2D eigenvalue weighted by atomic mass is 16.6. The molecule has 0 radical (unpaired) electrons. The molecule has 0 atom stereocenters. The zero-order valence-electron chi connectivity index (χ0n) is 21.3. The number of aromatic amines is 1. The minimum absolute atomic E-state index is 0.00424. The molecule has 2 N–H and O–H groups in total. The molecular weight excluding hydrogens is 464 g/mol. The summed E-state index contributed by atoms with van der Waals surface area (Å²) in [6.45, 7) is 8.59. The summed E-state index contributed by atoms with van der Waals surface area (Å²) in [6.07, 6.45) is 5.74. The van der Waals surface area contributed by atoms with E-state index in [1.165, 1.54) is 18.7 Å². The first-order chi connectivity index (χ1) is 17.1. The molecule has 2 aromatic heterocycles. The van der Waals surface area contributed by atoms with Crippen molar-refractivity contribution in [3.8, 4) is 0 Å². The first kappa shape index (κ1) is 25.9. The summed E-state index contributed by atoms with van der Waals surface area (Å²) in [7, 11) is 0. The van der Waals surface area contributed by atoms with Crippen molar-refractivity contribution in [2.24, 2.45) is 0 Å². The van der Waals surface area contributed by atoms with Crippen molar-refractivity contribution >= 4 is 23.4 Å². The van der Waals surface area contributed by atoms with Crippen LogP contribution in [0.1, 0.15) is 74.8 Å². The third-order valence-electron chi connectivity index (χ3n) is 6.64. The molecule has 2 aliphatic heterocycles. The number of rotatable bonds is 6. The van der Waals surface area contributed by atoms with E-state index in [4.69, 9.17) is 4.74 Å². The van der Waals surface area contributed by atoms with Crippen molar-refractivity contribution in [3.63, 3.8) is 0 Å². The number of amides is 2. The molecule has 0 bridgehead atoms. The normalized spacial score (nSPS) is 17.8. The van der Waals surface area contributed by atoms with Crippen LogP contribution in [0.5, 0.6) is 0 Å². The Morgan fingerprint density at radius 2 is 1.81 bits per heavy atom. The van der Waals surface area contributed by atoms with Gasteiger partial charge >= 0.3 is 6.09 Å². The average molecular weight is 501 g/mol. The number of nitrogens with one attached hydrogen (secondary N) is 2. The maximum Gasteiger partial charge on any atom is 0.410 e. The Morgan fingerprint density at radius 3 is 2.47 bits per heavy atom. The van der Waals surface area contributed by atoms with Gasteiger partial charge in [0.1, 0.15) is 16.8 Å². The summed E-state index contributed by atoms with van der Waals surface area (Å²) >= 11 is 0. The van der Waals surface area contributed by atoms with Gasteiger partial charge in [0.2, 0.25) is 0 Å². The fourth-order valence-corrected chi connectivity index (χ4v) is 4.85. The number of piperidine rings is 2. The molecule has 2 saturated heterocycles. The van der Waals surface area contributed by atoms with E-state index in [1.807, 2.05) is 20.8 Å². The number of likely N-dealkylation sites (tertiary alicyclic amines) is 2. The Morgan fingerprint density at radius 1 is 1.11 bits per heavy atom. The predicted molar refractivity (Wildman–Crippen MR) is 133 cm³/mol. The van der Waals surface area contributed by atoms with Crippen LogP contribution in [0.2, 0.25) is 0 Å². The van der Waals surface area contributed by atoms with Crippen LogP contribution in [0.25, 0.3) is 5.65 Å². The lowest BCUT2D eigenvalue weighted by molar-refractivity contribution is -0.119. The maximum atomic E-state index is 12.8. The first-order valence-corrected chi connectivity index (χ1v) is 12.7. The van der Waals surface area contributed by atoms with E-state index < -0.39 is 11.5 Å². The van der Waals surface area contributed by atoms with Crippen LogP contribution in [-0.2, 0) is 9.53 Å². The Bertz CT molecular complexity index is 1170. The summed E-state index contributed by atoms with van der Waals surface area (Å²) in [4.78, 5) is 56.5. The fourth-order valence-electron chi connectivity index (χ4n) is 4.85. The SMILES string of the molecule is CC(C)(C)OC(=O)N1CCC(c2cc(=O)[nH]c3c(C(=O)NCC(=O)CN4CCCCC4)cnn23)CC1. The number of hydrogen-bond acceptors (Lipinski definition) is 7. The van der Waals surface area contributed by atoms with Gasteiger partial charge in [0.15, 0.2) is 5.78 Å². The molecule has 0 aromatic carbocycles. The van der Waals surface area contributed by atoms with Crippen molar-refractivity contribution in [2.45, 2.75) is 64.4 Å². The Balaban J connectivity index is 1.41. The second-order valence-corrected chi connectivity index (χ2v) is 10.7. The van der Waals surface area contributed by atoms with E-state index in [0.717, 1.165) is 25.9 Å². The van der Waals surface area contributed by atoms with E-state index in [-0.39, 0.29) is 35.5 Å². The van der Waals surface area contributed by atoms with Crippen LogP contribution in [0.15, 0.2) is 17.1 Å². The molecule has 2 fully saturated rings. The van der Waals surface area contributed by atoms with Gasteiger partial charge in [-0.3, -0.25) is 19.3 Å². The van der Waals surface area contributed by atoms with Gasteiger partial charge in [0, 0.05) is 25.1 Å². The van der Waals surface area contributed by atoms with Gasteiger partial charge in [-0.15, -0.1) is 0 Å². The number of carbonyl (C=O) groups excluding carboxylic acids is 3. The van der Waals surface area contributed by atoms with Gasteiger partial charge in [-0.05, 0) is 59.5 Å². The molecule has 2 aliphatic rings. The number of ether oxygens (including phenoxy) is 1. The summed E-state index contributed by atoms with van der Waals surface area (Å²) in [5, 5.41) is 7.04. The van der Waals surface area contributed by atoms with Gasteiger partial charge in [0.25, 0.3) is 11.5 Å². The lowest BCUT2D eigenvalue weighted by atomic mass is 9.93. The molecule has 4 rings (SSSR count). The number of H-pyrrole nitrogens is 1. The molecule has 2 amide bonds. The number of nitrogens with zero attached hydrogens (tertiary/aromatic N) is 4. The topological polar surface area (TPSA) is 129 Å². The Hall–Kier alpha value is -3.21. The molecule has 11 heteroatoms. The maximum absolute atomic E-state index is 12.8. The fraction of sp³-hybridized carbons (Fsp3) is 0.640. The summed E-state index contributed by atoms with van der Waals surface area (Å²) in [5.41, 5.74) is 0.316. The summed E-state index contributed by atoms with van der Waals surface area (Å²) < 4.78 is 7.05. The van der Waals surface area contributed by atoms with Crippen LogP contribution in [-0.4, -0.2) is 87.1 Å². The molecule has 0 aliphatic carbocycles. The molecule has 4 heterocycles. The highest BCUT2D eigenvalue weighted by Crippen LogP contribution is 2.28. The van der Waals surface area contributed by atoms with Crippen molar-refractivity contribution in [3.05, 3.63) is 33.9 Å². The highest BCUT2D eigenvalue weighted by Gasteiger charge is 2.29. The van der Waals surface area contributed by atoms with Crippen LogP contribution in [0.3, 0.4) is 0 Å². The van der Waals surface area contributed by atoms with Crippen LogP contribution in [0.4, 0.5) is 4.79 Å². The predicted octanol–water partition coefficient (Wildman–Crippen LogP) is 1.92. The molecule has 36 heavy (non-hydrogen) atoms. The van der Waals surface area contributed by atoms with E-state index in [9.17, 15) is 19.2 Å². The minimum Gasteiger partial charge on any atom is -0.444 e. The molecule has 11 nitrogen and oxygen atoms in total. The molecular formula is C25H36N6O5. The summed E-state index contributed by atoms with van der Waals surface area (Å²) in [6, 6.07) is 1.50. The van der Waals surface area contributed by atoms with Crippen molar-refractivity contribution in [1.82, 2.24) is 29.7 Å². The number of Topliss-reactive ketones (excluding diaryl/α,β-unsaturated/α-hetero) is 1. The molecule has 0 spiro atoms.